The van der Waals surface area contributed by atoms with Gasteiger partial charge in [-0.2, -0.15) is 4.31 Å². The maximum absolute atomic E-state index is 12.2. The smallest absolute Gasteiger partial charge is 0.217 e. The van der Waals surface area contributed by atoms with E-state index in [9.17, 15) is 8.42 Å². The van der Waals surface area contributed by atoms with Crippen molar-refractivity contribution < 1.29 is 13.2 Å². The molecule has 1 atom stereocenters. The summed E-state index contributed by atoms with van der Waals surface area (Å²) in [5, 5.41) is -0.0880. The highest BCUT2D eigenvalue weighted by Gasteiger charge is 2.55. The van der Waals surface area contributed by atoms with Crippen LogP contribution in [-0.2, 0) is 21.4 Å². The topological polar surface area (TPSA) is 59.5 Å². The highest BCUT2D eigenvalue weighted by molar-refractivity contribution is 8.01. The van der Waals surface area contributed by atoms with Gasteiger partial charge in [0.2, 0.25) is 10.0 Å². The van der Waals surface area contributed by atoms with Crippen molar-refractivity contribution in [1.82, 2.24) is 9.29 Å². The highest BCUT2D eigenvalue weighted by atomic mass is 32.2. The fourth-order valence-corrected chi connectivity index (χ4v) is 6.90. The summed E-state index contributed by atoms with van der Waals surface area (Å²) in [7, 11) is -2.99. The highest BCUT2D eigenvalue weighted by Crippen LogP contribution is 2.48. The first-order chi connectivity index (χ1) is 10.6. The largest absolute Gasteiger partial charge is 0.373 e. The van der Waals surface area contributed by atoms with Crippen molar-refractivity contribution >= 4 is 21.8 Å². The number of sulfonamides is 1. The summed E-state index contributed by atoms with van der Waals surface area (Å²) in [4.78, 5) is 4.00. The number of thioether (sulfide) groups is 1. The van der Waals surface area contributed by atoms with Gasteiger partial charge in [-0.15, -0.1) is 11.8 Å². The summed E-state index contributed by atoms with van der Waals surface area (Å²) in [6.07, 6.45) is 6.42. The Morgan fingerprint density at radius 3 is 2.73 bits per heavy atom. The first kappa shape index (κ1) is 14.9. The number of hydrogen-bond donors (Lipinski definition) is 0. The molecule has 7 heteroatoms. The van der Waals surface area contributed by atoms with Crippen molar-refractivity contribution in [1.29, 1.82) is 0 Å². The van der Waals surface area contributed by atoms with Crippen LogP contribution in [0.1, 0.15) is 24.8 Å². The molecule has 2 saturated heterocycles. The molecular formula is C15H20N2O3S2. The first-order valence-corrected chi connectivity index (χ1v) is 10.2. The molecule has 3 fully saturated rings. The van der Waals surface area contributed by atoms with E-state index in [1.165, 1.54) is 0 Å². The van der Waals surface area contributed by atoms with Gasteiger partial charge in [-0.05, 0) is 37.0 Å². The van der Waals surface area contributed by atoms with E-state index in [4.69, 9.17) is 4.74 Å². The minimum atomic E-state index is -2.99. The minimum absolute atomic E-state index is 0.0880. The molecular weight excluding hydrogens is 320 g/mol. The van der Waals surface area contributed by atoms with Gasteiger partial charge in [0.05, 0.1) is 18.0 Å². The van der Waals surface area contributed by atoms with Crippen molar-refractivity contribution in [2.75, 3.05) is 18.8 Å². The summed E-state index contributed by atoms with van der Waals surface area (Å²) in [5.41, 5.74) is 1.13. The van der Waals surface area contributed by atoms with Crippen LogP contribution in [0.4, 0.5) is 0 Å². The molecule has 1 spiro atoms. The average molecular weight is 340 g/mol. The van der Waals surface area contributed by atoms with E-state index in [1.54, 1.807) is 16.7 Å². The molecule has 1 saturated carbocycles. The van der Waals surface area contributed by atoms with E-state index in [0.717, 1.165) is 30.6 Å². The van der Waals surface area contributed by atoms with E-state index in [-0.39, 0.29) is 16.1 Å². The number of ether oxygens (including phenoxy) is 1. The molecule has 1 aromatic rings. The van der Waals surface area contributed by atoms with Gasteiger partial charge >= 0.3 is 0 Å². The van der Waals surface area contributed by atoms with E-state index < -0.39 is 10.0 Å². The summed E-state index contributed by atoms with van der Waals surface area (Å²) < 4.78 is 32.1. The van der Waals surface area contributed by atoms with Crippen LogP contribution in [0.3, 0.4) is 0 Å². The summed E-state index contributed by atoms with van der Waals surface area (Å²) in [6.45, 7) is 1.95. The third-order valence-corrected chi connectivity index (χ3v) is 8.51. The fraction of sp³-hybridized carbons (Fsp3) is 0.667. The Labute approximate surface area is 135 Å². The normalized spacial score (nSPS) is 27.9. The zero-order chi connectivity index (χ0) is 15.2. The zero-order valence-corrected chi connectivity index (χ0v) is 14.0. The van der Waals surface area contributed by atoms with Crippen molar-refractivity contribution in [2.45, 2.75) is 42.0 Å². The average Bonchev–Trinajstić information content (AvgIpc) is 3.25. The van der Waals surface area contributed by atoms with Gasteiger partial charge in [0.25, 0.3) is 0 Å². The molecule has 5 nitrogen and oxygen atoms in total. The second-order valence-electron chi connectivity index (χ2n) is 6.50. The molecule has 0 radical (unpaired) electrons. The molecule has 3 heterocycles. The number of rotatable bonds is 5. The molecule has 0 N–H and O–H groups in total. The number of nitrogens with zero attached hydrogens (tertiary/aromatic N) is 2. The SMILES string of the molecule is O=S(=O)(C1CC1)N1CC2(CC(OCc3ccncc3)CS2)C1. The van der Waals surface area contributed by atoms with E-state index in [0.29, 0.717) is 19.7 Å². The van der Waals surface area contributed by atoms with Gasteiger partial charge in [0.1, 0.15) is 0 Å². The van der Waals surface area contributed by atoms with Crippen molar-refractivity contribution in [3.63, 3.8) is 0 Å². The predicted molar refractivity (Wildman–Crippen MR) is 86.1 cm³/mol. The van der Waals surface area contributed by atoms with Gasteiger partial charge in [0, 0.05) is 36.0 Å². The van der Waals surface area contributed by atoms with Crippen LogP contribution < -0.4 is 0 Å². The third-order valence-electron chi connectivity index (χ3n) is 4.64. The Balaban J connectivity index is 1.29. The van der Waals surface area contributed by atoms with Gasteiger partial charge in [-0.25, -0.2) is 8.42 Å². The molecule has 22 heavy (non-hydrogen) atoms. The Morgan fingerprint density at radius 2 is 2.05 bits per heavy atom. The summed E-state index contributed by atoms with van der Waals surface area (Å²) in [5.74, 6) is 0.961. The molecule has 0 amide bonds. The molecule has 1 aromatic heterocycles. The van der Waals surface area contributed by atoms with Gasteiger partial charge in [-0.1, -0.05) is 0 Å². The second kappa shape index (κ2) is 5.47. The van der Waals surface area contributed by atoms with Gasteiger partial charge < -0.3 is 4.74 Å². The predicted octanol–water partition coefficient (Wildman–Crippen LogP) is 1.65. The molecule has 120 valence electrons. The lowest BCUT2D eigenvalue weighted by Gasteiger charge is -2.46. The fourth-order valence-electron chi connectivity index (χ4n) is 3.18. The van der Waals surface area contributed by atoms with Crippen molar-refractivity contribution in [3.8, 4) is 0 Å². The lowest BCUT2D eigenvalue weighted by molar-refractivity contribution is 0.0397. The standard InChI is InChI=1S/C15H20N2O3S2/c18-22(19,14-1-2-14)17-10-15(11-17)7-13(9-21-15)20-8-12-3-5-16-6-4-12/h3-6,13-14H,1-2,7-11H2. The summed E-state index contributed by atoms with van der Waals surface area (Å²) >= 11 is 1.88. The van der Waals surface area contributed by atoms with Crippen molar-refractivity contribution in [2.24, 2.45) is 0 Å². The molecule has 3 aliphatic rings. The van der Waals surface area contributed by atoms with Crippen LogP contribution in [0.25, 0.3) is 0 Å². The quantitative estimate of drug-likeness (QED) is 0.816. The number of aromatic nitrogens is 1. The van der Waals surface area contributed by atoms with Crippen molar-refractivity contribution in [3.05, 3.63) is 30.1 Å². The number of pyridine rings is 1. The van der Waals surface area contributed by atoms with Crippen LogP contribution >= 0.6 is 11.8 Å². The Bertz CT molecular complexity index is 640. The van der Waals surface area contributed by atoms with E-state index in [2.05, 4.69) is 4.98 Å². The van der Waals surface area contributed by atoms with Crippen LogP contribution in [0.15, 0.2) is 24.5 Å². The zero-order valence-electron chi connectivity index (χ0n) is 12.3. The van der Waals surface area contributed by atoms with Crippen LogP contribution in [-0.4, -0.2) is 52.7 Å². The lowest BCUT2D eigenvalue weighted by atomic mass is 9.95. The van der Waals surface area contributed by atoms with Crippen LogP contribution in [0.2, 0.25) is 0 Å². The van der Waals surface area contributed by atoms with Crippen LogP contribution in [0, 0.1) is 0 Å². The van der Waals surface area contributed by atoms with Crippen LogP contribution in [0.5, 0.6) is 0 Å². The Morgan fingerprint density at radius 1 is 1.32 bits per heavy atom. The monoisotopic (exact) mass is 340 g/mol. The maximum atomic E-state index is 12.2. The minimum Gasteiger partial charge on any atom is -0.373 e. The molecule has 2 aliphatic heterocycles. The third kappa shape index (κ3) is 2.79. The van der Waals surface area contributed by atoms with Gasteiger partial charge in [0.15, 0.2) is 0 Å². The van der Waals surface area contributed by atoms with Gasteiger partial charge in [-0.3, -0.25) is 4.98 Å². The number of hydrogen-bond acceptors (Lipinski definition) is 5. The molecule has 0 bridgehead atoms. The molecule has 1 aliphatic carbocycles. The van der Waals surface area contributed by atoms with E-state index >= 15 is 0 Å². The summed E-state index contributed by atoms with van der Waals surface area (Å²) in [6, 6.07) is 3.93. The molecule has 4 rings (SSSR count). The molecule has 1 unspecified atom stereocenters. The first-order valence-electron chi connectivity index (χ1n) is 7.71. The second-order valence-corrected chi connectivity index (χ2v) is 10.2. The lowest BCUT2D eigenvalue weighted by Crippen LogP contribution is -2.61. The Kier molecular flexibility index (Phi) is 3.71. The van der Waals surface area contributed by atoms with E-state index in [1.807, 2.05) is 23.9 Å². The maximum Gasteiger partial charge on any atom is 0.217 e. The molecule has 0 aromatic carbocycles. The Hall–Kier alpha value is -0.630.